The molecule has 2 amide bonds. The summed E-state index contributed by atoms with van der Waals surface area (Å²) >= 11 is 0. The number of fused-ring (bicyclic) bond motifs is 3. The van der Waals surface area contributed by atoms with Gasteiger partial charge in [-0.1, -0.05) is 84.0 Å². The van der Waals surface area contributed by atoms with Gasteiger partial charge < -0.3 is 25.0 Å². The van der Waals surface area contributed by atoms with E-state index in [1.165, 1.54) is 6.07 Å². The van der Waals surface area contributed by atoms with Crippen molar-refractivity contribution < 1.29 is 28.8 Å². The van der Waals surface area contributed by atoms with Crippen molar-refractivity contribution in [3.05, 3.63) is 113 Å². The third-order valence-corrected chi connectivity index (χ3v) is 6.96. The minimum Gasteiger partial charge on any atom is -0.476 e. The van der Waals surface area contributed by atoms with Crippen molar-refractivity contribution in [3.8, 4) is 11.1 Å². The summed E-state index contributed by atoms with van der Waals surface area (Å²) in [4.78, 5) is 39.2. The van der Waals surface area contributed by atoms with Gasteiger partial charge in [0.05, 0.1) is 6.54 Å². The van der Waals surface area contributed by atoms with Gasteiger partial charge in [0.2, 0.25) is 5.91 Å². The summed E-state index contributed by atoms with van der Waals surface area (Å²) < 4.78 is 10.7. The van der Waals surface area contributed by atoms with Crippen LogP contribution in [0.25, 0.3) is 11.1 Å². The number of hydrogen-bond acceptors (Lipinski definition) is 7. The summed E-state index contributed by atoms with van der Waals surface area (Å²) in [5.41, 5.74) is 5.21. The van der Waals surface area contributed by atoms with E-state index in [2.05, 4.69) is 27.9 Å². The maximum atomic E-state index is 13.2. The van der Waals surface area contributed by atoms with Crippen LogP contribution in [0.5, 0.6) is 0 Å². The van der Waals surface area contributed by atoms with Gasteiger partial charge in [0.25, 0.3) is 0 Å². The van der Waals surface area contributed by atoms with Crippen LogP contribution in [0.4, 0.5) is 4.79 Å². The average molecular weight is 555 g/mol. The highest BCUT2D eigenvalue weighted by molar-refractivity contribution is 5.86. The van der Waals surface area contributed by atoms with Gasteiger partial charge in [0, 0.05) is 25.1 Å². The highest BCUT2D eigenvalue weighted by Gasteiger charge is 2.30. The topological polar surface area (TPSA) is 134 Å². The molecule has 0 radical (unpaired) electrons. The van der Waals surface area contributed by atoms with E-state index >= 15 is 0 Å². The molecule has 10 heteroatoms. The SMILES string of the molecule is CN(Cc1ccccc1)CC(NC(=O)OCC1c2ccccc2-c2ccccc21)C(=O)NCc1cc(C(=O)O)no1. The number of ether oxygens (including phenoxy) is 1. The van der Waals surface area contributed by atoms with Crippen LogP contribution in [-0.4, -0.2) is 59.4 Å². The molecule has 1 aliphatic rings. The maximum absolute atomic E-state index is 13.2. The van der Waals surface area contributed by atoms with Crippen LogP contribution in [0.1, 0.15) is 38.9 Å². The number of carbonyl (C=O) groups is 3. The number of benzene rings is 3. The molecule has 1 unspecified atom stereocenters. The first kappa shape index (κ1) is 27.6. The molecule has 4 aromatic rings. The number of carboxylic acids is 1. The van der Waals surface area contributed by atoms with Gasteiger partial charge in [0.1, 0.15) is 12.6 Å². The largest absolute Gasteiger partial charge is 0.476 e. The fourth-order valence-corrected chi connectivity index (χ4v) is 5.04. The molecule has 3 aromatic carbocycles. The number of aromatic carboxylic acids is 1. The van der Waals surface area contributed by atoms with E-state index in [9.17, 15) is 14.4 Å². The lowest BCUT2D eigenvalue weighted by Crippen LogP contribution is -2.52. The van der Waals surface area contributed by atoms with Crippen molar-refractivity contribution in [1.29, 1.82) is 0 Å². The number of nitrogens with one attached hydrogen (secondary N) is 2. The molecule has 0 fully saturated rings. The Morgan fingerprint density at radius 3 is 2.24 bits per heavy atom. The monoisotopic (exact) mass is 554 g/mol. The van der Waals surface area contributed by atoms with Crippen LogP contribution in [0.15, 0.2) is 89.5 Å². The van der Waals surface area contributed by atoms with E-state index in [4.69, 9.17) is 14.4 Å². The van der Waals surface area contributed by atoms with Gasteiger partial charge >= 0.3 is 12.1 Å². The zero-order valence-electron chi connectivity index (χ0n) is 22.4. The molecule has 0 spiro atoms. The van der Waals surface area contributed by atoms with E-state index < -0.39 is 24.0 Å². The van der Waals surface area contributed by atoms with Gasteiger partial charge in [-0.15, -0.1) is 0 Å². The predicted molar refractivity (Wildman–Crippen MR) is 150 cm³/mol. The van der Waals surface area contributed by atoms with Crippen LogP contribution in [0, 0.1) is 0 Å². The molecule has 1 aliphatic carbocycles. The first-order valence-electron chi connectivity index (χ1n) is 13.2. The molecule has 0 bridgehead atoms. The van der Waals surface area contributed by atoms with E-state index in [0.29, 0.717) is 6.54 Å². The number of rotatable bonds is 11. The fourth-order valence-electron chi connectivity index (χ4n) is 5.04. The van der Waals surface area contributed by atoms with Gasteiger partial charge in [-0.2, -0.15) is 0 Å². The fraction of sp³-hybridized carbons (Fsp3) is 0.226. The lowest BCUT2D eigenvalue weighted by atomic mass is 9.98. The molecule has 3 N–H and O–H groups in total. The summed E-state index contributed by atoms with van der Waals surface area (Å²) in [7, 11) is 1.85. The molecular weight excluding hydrogens is 524 g/mol. The molecule has 1 heterocycles. The Balaban J connectivity index is 1.24. The average Bonchev–Trinajstić information content (AvgIpc) is 3.58. The number of amides is 2. The number of aromatic nitrogens is 1. The first-order chi connectivity index (χ1) is 19.9. The van der Waals surface area contributed by atoms with Crippen molar-refractivity contribution in [2.45, 2.75) is 25.0 Å². The lowest BCUT2D eigenvalue weighted by molar-refractivity contribution is -0.123. The standard InChI is InChI=1S/C31H30N4O6/c1-35(17-20-9-3-2-4-10-20)18-28(29(36)32-16-21-15-27(30(37)38)34-41-21)33-31(39)40-19-26-24-13-7-5-11-22(24)23-12-6-8-14-25(23)26/h2-15,26,28H,16-19H2,1H3,(H,32,36)(H,33,39)(H,37,38). The molecule has 41 heavy (non-hydrogen) atoms. The summed E-state index contributed by atoms with van der Waals surface area (Å²) in [6.45, 7) is 0.775. The van der Waals surface area contributed by atoms with Gasteiger partial charge in [-0.05, 0) is 34.9 Å². The second kappa shape index (κ2) is 12.5. The van der Waals surface area contributed by atoms with E-state index in [0.717, 1.165) is 27.8 Å². The van der Waals surface area contributed by atoms with Crippen LogP contribution in [0.2, 0.25) is 0 Å². The molecule has 0 saturated carbocycles. The number of carbonyl (C=O) groups excluding carboxylic acids is 2. The van der Waals surface area contributed by atoms with Crippen molar-refractivity contribution >= 4 is 18.0 Å². The lowest BCUT2D eigenvalue weighted by Gasteiger charge is -2.24. The molecule has 0 aliphatic heterocycles. The Kier molecular flexibility index (Phi) is 8.40. The highest BCUT2D eigenvalue weighted by atomic mass is 16.5. The Morgan fingerprint density at radius 2 is 1.61 bits per heavy atom. The number of nitrogens with zero attached hydrogens (tertiary/aromatic N) is 2. The summed E-state index contributed by atoms with van der Waals surface area (Å²) in [6, 6.07) is 26.1. The second-order valence-electron chi connectivity index (χ2n) is 9.91. The summed E-state index contributed by atoms with van der Waals surface area (Å²) in [5, 5.41) is 17.9. The third kappa shape index (κ3) is 6.62. The Morgan fingerprint density at radius 1 is 0.976 bits per heavy atom. The van der Waals surface area contributed by atoms with E-state index in [1.807, 2.05) is 78.7 Å². The number of likely N-dealkylation sites (N-methyl/N-ethyl adjacent to an activating group) is 1. The number of carboxylic acid groups (broad SMARTS) is 1. The highest BCUT2D eigenvalue weighted by Crippen LogP contribution is 2.44. The smallest absolute Gasteiger partial charge is 0.407 e. The summed E-state index contributed by atoms with van der Waals surface area (Å²) in [5.74, 6) is -1.65. The molecule has 210 valence electrons. The molecule has 0 saturated heterocycles. The van der Waals surface area contributed by atoms with E-state index in [-0.39, 0.29) is 37.1 Å². The quantitative estimate of drug-likeness (QED) is 0.253. The predicted octanol–water partition coefficient (Wildman–Crippen LogP) is 4.03. The third-order valence-electron chi connectivity index (χ3n) is 6.96. The van der Waals surface area contributed by atoms with E-state index in [1.54, 1.807) is 0 Å². The van der Waals surface area contributed by atoms with Crippen molar-refractivity contribution in [3.63, 3.8) is 0 Å². The van der Waals surface area contributed by atoms with Crippen LogP contribution < -0.4 is 10.6 Å². The zero-order valence-corrected chi connectivity index (χ0v) is 22.4. The van der Waals surface area contributed by atoms with Crippen LogP contribution in [0.3, 0.4) is 0 Å². The van der Waals surface area contributed by atoms with Crippen LogP contribution in [-0.2, 0) is 22.6 Å². The van der Waals surface area contributed by atoms with Gasteiger partial charge in [-0.3, -0.25) is 9.69 Å². The number of hydrogen-bond donors (Lipinski definition) is 3. The first-order valence-corrected chi connectivity index (χ1v) is 13.2. The molecule has 1 aromatic heterocycles. The molecular formula is C31H30N4O6. The Bertz CT molecular complexity index is 1490. The molecule has 1 atom stereocenters. The Hall–Kier alpha value is -4.96. The normalized spacial score (nSPS) is 12.8. The molecule has 10 nitrogen and oxygen atoms in total. The van der Waals surface area contributed by atoms with Gasteiger partial charge in [0.15, 0.2) is 11.5 Å². The molecule has 5 rings (SSSR count). The Labute approximate surface area is 236 Å². The van der Waals surface area contributed by atoms with Gasteiger partial charge in [-0.25, -0.2) is 9.59 Å². The second-order valence-corrected chi connectivity index (χ2v) is 9.91. The van der Waals surface area contributed by atoms with Crippen molar-refractivity contribution in [1.82, 2.24) is 20.7 Å². The minimum absolute atomic E-state index is 0.0929. The minimum atomic E-state index is -1.23. The van der Waals surface area contributed by atoms with Crippen molar-refractivity contribution in [2.24, 2.45) is 0 Å². The zero-order chi connectivity index (χ0) is 28.8. The van der Waals surface area contributed by atoms with Crippen molar-refractivity contribution in [2.75, 3.05) is 20.2 Å². The number of alkyl carbamates (subject to hydrolysis) is 1. The summed E-state index contributed by atoms with van der Waals surface area (Å²) in [6.07, 6.45) is -0.715. The van der Waals surface area contributed by atoms with Crippen LogP contribution >= 0.6 is 0 Å². The maximum Gasteiger partial charge on any atom is 0.407 e.